The molecule has 0 spiro atoms. The molecule has 0 saturated carbocycles. The molecule has 0 unspecified atom stereocenters. The average Bonchev–Trinajstić information content (AvgIpc) is 3.24. The van der Waals surface area contributed by atoms with E-state index in [0.29, 0.717) is 71.2 Å². The van der Waals surface area contributed by atoms with E-state index < -0.39 is 51.1 Å². The molecule has 0 aliphatic carbocycles. The Balaban J connectivity index is 2.33. The maximum atomic E-state index is 13.5. The monoisotopic (exact) mass is 1020 g/mol. The van der Waals surface area contributed by atoms with Crippen LogP contribution in [0.5, 0.6) is 0 Å². The zero-order chi connectivity index (χ0) is 47.5. The molecule has 1 aromatic rings. The van der Waals surface area contributed by atoms with Crippen LogP contribution >= 0.6 is 0 Å². The van der Waals surface area contributed by atoms with Crippen molar-refractivity contribution < 1.29 is 78.5 Å². The van der Waals surface area contributed by atoms with Gasteiger partial charge in [0.2, 0.25) is 5.91 Å². The number of carbonyl (C=O) groups excluding carboxylic acids is 7. The van der Waals surface area contributed by atoms with Gasteiger partial charge in [-0.2, -0.15) is 0 Å². The normalized spacial score (nSPS) is 12.8. The third-order valence-corrected chi connectivity index (χ3v) is 11.1. The van der Waals surface area contributed by atoms with E-state index in [4.69, 9.17) is 29.4 Å². The first kappa shape index (κ1) is 58.5. The molecule has 3 atom stereocenters. The van der Waals surface area contributed by atoms with Crippen molar-refractivity contribution in [3.05, 3.63) is 35.4 Å². The van der Waals surface area contributed by atoms with E-state index in [1.54, 1.807) is 24.3 Å². The quantitative estimate of drug-likeness (QED) is 0.0268. The van der Waals surface area contributed by atoms with E-state index in [0.717, 1.165) is 37.1 Å². The van der Waals surface area contributed by atoms with Crippen molar-refractivity contribution in [2.24, 2.45) is 23.5 Å². The Bertz CT molecular complexity index is 1510. The summed E-state index contributed by atoms with van der Waals surface area (Å²) >= 11 is -0.644. The molecular formula is C46H77IN5O12-. The van der Waals surface area contributed by atoms with Gasteiger partial charge in [0.15, 0.2) is 5.78 Å². The summed E-state index contributed by atoms with van der Waals surface area (Å²) in [6.45, 7) is 14.4. The molecule has 0 radical (unpaired) electrons. The fraction of sp³-hybridized carbons (Fsp3) is 0.717. The fourth-order valence-corrected chi connectivity index (χ4v) is 6.85. The van der Waals surface area contributed by atoms with Gasteiger partial charge < -0.3 is 40.6 Å². The van der Waals surface area contributed by atoms with Crippen LogP contribution in [0.1, 0.15) is 104 Å². The number of benzene rings is 1. The summed E-state index contributed by atoms with van der Waals surface area (Å²) in [6.07, 6.45) is 4.17. The number of amides is 4. The predicted molar refractivity (Wildman–Crippen MR) is 239 cm³/mol. The molecule has 0 heterocycles. The van der Waals surface area contributed by atoms with Gasteiger partial charge in [0.1, 0.15) is 5.78 Å². The van der Waals surface area contributed by atoms with Gasteiger partial charge in [-0.25, -0.2) is 4.79 Å². The molecule has 0 aromatic heterocycles. The van der Waals surface area contributed by atoms with Gasteiger partial charge in [-0.1, -0.05) is 27.7 Å². The minimum atomic E-state index is -0.845. The van der Waals surface area contributed by atoms with E-state index in [1.165, 1.54) is 6.92 Å². The van der Waals surface area contributed by atoms with Crippen LogP contribution in [-0.4, -0.2) is 129 Å². The van der Waals surface area contributed by atoms with Crippen molar-refractivity contribution in [1.29, 1.82) is 0 Å². The van der Waals surface area contributed by atoms with Crippen molar-refractivity contribution in [1.82, 2.24) is 21.3 Å². The van der Waals surface area contributed by atoms with Crippen molar-refractivity contribution in [2.45, 2.75) is 118 Å². The number of Topliss-reactive ketones (excluding diaryl/α,β-unsaturated/α-hetero) is 3. The Morgan fingerprint density at radius 2 is 1.25 bits per heavy atom. The molecule has 0 saturated heterocycles. The maximum absolute atomic E-state index is 13.5. The molecule has 366 valence electrons. The van der Waals surface area contributed by atoms with Crippen molar-refractivity contribution >= 4 is 39.2 Å². The Kier molecular flexibility index (Phi) is 33.5. The molecule has 64 heavy (non-hydrogen) atoms. The summed E-state index contributed by atoms with van der Waals surface area (Å²) in [5.74, 6) is -1.17. The first-order valence-corrected chi connectivity index (χ1v) is 25.8. The summed E-state index contributed by atoms with van der Waals surface area (Å²) in [4.78, 5) is 88.8. The topological polar surface area (TPSA) is 240 Å². The van der Waals surface area contributed by atoms with Crippen LogP contribution in [0.2, 0.25) is 0 Å². The molecule has 1 aromatic carbocycles. The van der Waals surface area contributed by atoms with Gasteiger partial charge >= 0.3 is 135 Å². The van der Waals surface area contributed by atoms with Gasteiger partial charge in [-0.05, 0) is 50.6 Å². The van der Waals surface area contributed by atoms with Gasteiger partial charge in [0.05, 0.1) is 52.3 Å². The zero-order valence-electron chi connectivity index (χ0n) is 39.1. The van der Waals surface area contributed by atoms with Gasteiger partial charge in [-0.3, -0.25) is 19.2 Å². The number of hydrogen-bond donors (Lipinski definition) is 5. The number of alkyl halides is 1. The third kappa shape index (κ3) is 30.6. The van der Waals surface area contributed by atoms with Crippen LogP contribution in [0.25, 0.3) is 0 Å². The Hall–Kier alpha value is -3.56. The van der Waals surface area contributed by atoms with Gasteiger partial charge in [0, 0.05) is 45.3 Å². The molecule has 0 bridgehead atoms. The number of rotatable bonds is 40. The van der Waals surface area contributed by atoms with Crippen molar-refractivity contribution in [3.63, 3.8) is 0 Å². The second-order valence-electron chi connectivity index (χ2n) is 16.4. The number of urea groups is 1. The number of carbonyl (C=O) groups is 7. The van der Waals surface area contributed by atoms with Crippen LogP contribution < -0.4 is 48.2 Å². The molecule has 6 N–H and O–H groups in total. The molecule has 0 fully saturated rings. The van der Waals surface area contributed by atoms with E-state index in [9.17, 15) is 33.6 Å². The molecular weight excluding hydrogens is 941 g/mol. The van der Waals surface area contributed by atoms with Crippen LogP contribution in [0, 0.1) is 17.8 Å². The summed E-state index contributed by atoms with van der Waals surface area (Å²) in [6, 6.07) is 5.16. The van der Waals surface area contributed by atoms with E-state index in [1.807, 2.05) is 18.8 Å². The Morgan fingerprint density at radius 3 is 1.83 bits per heavy atom. The number of halogens is 1. The van der Waals surface area contributed by atoms with Crippen molar-refractivity contribution in [2.75, 3.05) is 77.4 Å². The average molecular weight is 1020 g/mol. The number of hydrogen-bond acceptors (Lipinski definition) is 13. The number of ether oxygens (including phenoxy) is 5. The SMILES string of the molecule is C[I-]C(=O)OCc1ccc(CC(=O)[C@H](CCCNC(N)=O)NC(=O)[C@@H](CC(=O)CCOCCOCCOCCOCCCC(=O)[C@@H](CCCCNCC(C)C)NC(C)=O)C(C)C)cc1. The van der Waals surface area contributed by atoms with Crippen LogP contribution in [0.3, 0.4) is 0 Å². The number of unbranched alkanes of at least 4 members (excludes halogenated alkanes) is 1. The Morgan fingerprint density at radius 1 is 0.672 bits per heavy atom. The molecule has 18 heteroatoms. The first-order valence-electron chi connectivity index (χ1n) is 22.6. The van der Waals surface area contributed by atoms with Gasteiger partial charge in [0.25, 0.3) is 0 Å². The second kappa shape index (κ2) is 36.6. The number of primary amides is 1. The number of nitrogens with two attached hydrogens (primary N) is 1. The molecule has 17 nitrogen and oxygen atoms in total. The standard InChI is InChI=1S/C46H77IN5O12/c1-33(2)31-49-19-8-7-11-40(51-35(5)53)42(55)13-10-21-60-23-25-62-27-28-63-26-24-61-22-18-38(54)30-39(34(3)4)44(57)52-41(12-9-20-50-46(48)59)43(56)29-36-14-16-37(17-15-36)32-64-45(58)47-6/h14-17,33-34,39-41,49H,7-13,18-32H2,1-6H3,(H,51,53)(H,52,57)(H3,48,50,59)/q-1/t39-,40+,41-/m0/s1. The Labute approximate surface area is 391 Å². The summed E-state index contributed by atoms with van der Waals surface area (Å²) < 4.78 is 27.3. The first-order chi connectivity index (χ1) is 30.6. The summed E-state index contributed by atoms with van der Waals surface area (Å²) in [7, 11) is 0. The van der Waals surface area contributed by atoms with Crippen molar-refractivity contribution in [3.8, 4) is 0 Å². The minimum absolute atomic E-state index is 0.00506. The van der Waals surface area contributed by atoms with Crippen LogP contribution in [0.4, 0.5) is 9.59 Å². The molecule has 0 aliphatic rings. The van der Waals surface area contributed by atoms with E-state index in [-0.39, 0.29) is 85.2 Å². The molecule has 4 amide bonds. The second-order valence-corrected chi connectivity index (χ2v) is 18.3. The molecule has 1 rings (SSSR count). The third-order valence-electron chi connectivity index (χ3n) is 9.94. The van der Waals surface area contributed by atoms with Gasteiger partial charge in [-0.15, -0.1) is 0 Å². The van der Waals surface area contributed by atoms with Crippen LogP contribution in [-0.2, 0) is 60.7 Å². The summed E-state index contributed by atoms with van der Waals surface area (Å²) in [5.41, 5.74) is 6.71. The fourth-order valence-electron chi connectivity index (χ4n) is 6.38. The van der Waals surface area contributed by atoms with Crippen LogP contribution in [0.15, 0.2) is 24.3 Å². The zero-order valence-corrected chi connectivity index (χ0v) is 41.3. The van der Waals surface area contributed by atoms with E-state index >= 15 is 0 Å². The molecule has 0 aliphatic heterocycles. The number of ketones is 3. The van der Waals surface area contributed by atoms with E-state index in [2.05, 4.69) is 35.1 Å². The summed E-state index contributed by atoms with van der Waals surface area (Å²) in [5, 5.41) is 11.6. The number of nitrogens with one attached hydrogen (secondary N) is 4. The predicted octanol–water partition coefficient (Wildman–Crippen LogP) is 1.04.